The zero-order chi connectivity index (χ0) is 28.9. The van der Waals surface area contributed by atoms with Crippen LogP contribution in [0.1, 0.15) is 75.5 Å². The summed E-state index contributed by atoms with van der Waals surface area (Å²) in [6, 6.07) is 13.5. The van der Waals surface area contributed by atoms with Crippen molar-refractivity contribution in [2.24, 2.45) is 5.92 Å². The van der Waals surface area contributed by atoms with Crippen molar-refractivity contribution in [2.75, 3.05) is 11.9 Å². The van der Waals surface area contributed by atoms with E-state index in [9.17, 15) is 24.3 Å². The fourth-order valence-corrected chi connectivity index (χ4v) is 5.67. The molecule has 1 heterocycles. The summed E-state index contributed by atoms with van der Waals surface area (Å²) in [5.74, 6) is -3.38. The zero-order valence-corrected chi connectivity index (χ0v) is 23.4. The van der Waals surface area contributed by atoms with Crippen LogP contribution in [0.5, 0.6) is 0 Å². The van der Waals surface area contributed by atoms with Crippen LogP contribution in [0.2, 0.25) is 0 Å². The second kappa shape index (κ2) is 12.5. The van der Waals surface area contributed by atoms with Crippen LogP contribution >= 0.6 is 0 Å². The molecule has 9 nitrogen and oxygen atoms in total. The first kappa shape index (κ1) is 29.1. The SMILES string of the molecule is CC(C)(C)OC(=O)NCc1cccc(CN(C(=O)C(=O)C2CNc3ccccc32)C(C(=O)O)C2CCCCC2)c1. The summed E-state index contributed by atoms with van der Waals surface area (Å²) in [6.45, 7) is 5.82. The first-order chi connectivity index (χ1) is 19.0. The molecule has 1 aliphatic carbocycles. The van der Waals surface area contributed by atoms with Gasteiger partial charge in [0.2, 0.25) is 5.78 Å². The third kappa shape index (κ3) is 7.20. The van der Waals surface area contributed by atoms with Crippen LogP contribution in [0.4, 0.5) is 10.5 Å². The molecule has 2 aromatic rings. The lowest BCUT2D eigenvalue weighted by molar-refractivity contribution is -0.157. The molecule has 2 aromatic carbocycles. The van der Waals surface area contributed by atoms with Gasteiger partial charge in [-0.15, -0.1) is 0 Å². The molecule has 0 spiro atoms. The molecular formula is C31H39N3O6. The normalized spacial score (nSPS) is 17.7. The van der Waals surface area contributed by atoms with Crippen molar-refractivity contribution in [3.8, 4) is 0 Å². The molecule has 0 radical (unpaired) electrons. The zero-order valence-electron chi connectivity index (χ0n) is 23.4. The van der Waals surface area contributed by atoms with E-state index in [1.165, 1.54) is 4.90 Å². The number of alkyl carbamates (subject to hydrolysis) is 1. The maximum atomic E-state index is 13.9. The van der Waals surface area contributed by atoms with Gasteiger partial charge in [-0.2, -0.15) is 0 Å². The van der Waals surface area contributed by atoms with Gasteiger partial charge in [0.1, 0.15) is 11.6 Å². The second-order valence-electron chi connectivity index (χ2n) is 11.7. The van der Waals surface area contributed by atoms with Gasteiger partial charge in [0.25, 0.3) is 5.91 Å². The molecule has 2 unspecified atom stereocenters. The highest BCUT2D eigenvalue weighted by molar-refractivity contribution is 6.39. The number of hydrogen-bond donors (Lipinski definition) is 3. The predicted molar refractivity (Wildman–Crippen MR) is 151 cm³/mol. The maximum absolute atomic E-state index is 13.9. The van der Waals surface area contributed by atoms with E-state index in [-0.39, 0.29) is 19.0 Å². The Hall–Kier alpha value is -3.88. The number of hydrogen-bond acceptors (Lipinski definition) is 6. The Balaban J connectivity index is 1.58. The molecule has 1 fully saturated rings. The van der Waals surface area contributed by atoms with Gasteiger partial charge >= 0.3 is 12.1 Å². The number of Topliss-reactive ketones (excluding diaryl/α,β-unsaturated/α-hetero) is 1. The van der Waals surface area contributed by atoms with Gasteiger partial charge in [0.05, 0.1) is 5.92 Å². The number of carboxylic acid groups (broad SMARTS) is 1. The molecular weight excluding hydrogens is 510 g/mol. The number of rotatable bonds is 9. The molecule has 40 heavy (non-hydrogen) atoms. The number of carbonyl (C=O) groups excluding carboxylic acids is 3. The maximum Gasteiger partial charge on any atom is 0.407 e. The van der Waals surface area contributed by atoms with E-state index in [1.807, 2.05) is 36.4 Å². The number of ketones is 1. The summed E-state index contributed by atoms with van der Waals surface area (Å²) in [6.07, 6.45) is 3.68. The minimum Gasteiger partial charge on any atom is -0.480 e. The van der Waals surface area contributed by atoms with Gasteiger partial charge in [-0.3, -0.25) is 9.59 Å². The number of nitrogens with zero attached hydrogens (tertiary/aromatic N) is 1. The lowest BCUT2D eigenvalue weighted by Gasteiger charge is -2.36. The molecule has 1 aliphatic heterocycles. The minimum atomic E-state index is -1.11. The van der Waals surface area contributed by atoms with Gasteiger partial charge in [-0.05, 0) is 62.3 Å². The monoisotopic (exact) mass is 549 g/mol. The number of para-hydroxylation sites is 1. The topological polar surface area (TPSA) is 125 Å². The van der Waals surface area contributed by atoms with E-state index in [0.717, 1.165) is 36.1 Å². The number of amides is 2. The third-order valence-corrected chi connectivity index (χ3v) is 7.49. The van der Waals surface area contributed by atoms with E-state index in [1.54, 1.807) is 32.9 Å². The predicted octanol–water partition coefficient (Wildman–Crippen LogP) is 4.85. The van der Waals surface area contributed by atoms with Crippen LogP contribution in [0.15, 0.2) is 48.5 Å². The number of carbonyl (C=O) groups is 4. The van der Waals surface area contributed by atoms with E-state index < -0.39 is 41.3 Å². The Bertz CT molecular complexity index is 1250. The van der Waals surface area contributed by atoms with Crippen molar-refractivity contribution in [3.63, 3.8) is 0 Å². The summed E-state index contributed by atoms with van der Waals surface area (Å²) >= 11 is 0. The van der Waals surface area contributed by atoms with Gasteiger partial charge in [-0.1, -0.05) is 61.7 Å². The molecule has 2 atom stereocenters. The number of fused-ring (bicyclic) bond motifs is 1. The van der Waals surface area contributed by atoms with Crippen LogP contribution in [0.25, 0.3) is 0 Å². The van der Waals surface area contributed by atoms with Gasteiger partial charge in [0.15, 0.2) is 0 Å². The van der Waals surface area contributed by atoms with Crippen LogP contribution in [-0.2, 0) is 32.2 Å². The first-order valence-electron chi connectivity index (χ1n) is 14.0. The Kier molecular flexibility index (Phi) is 9.12. The van der Waals surface area contributed by atoms with Crippen LogP contribution in [-0.4, -0.2) is 51.9 Å². The molecule has 1 saturated carbocycles. The highest BCUT2D eigenvalue weighted by atomic mass is 16.6. The summed E-state index contributed by atoms with van der Waals surface area (Å²) in [7, 11) is 0. The summed E-state index contributed by atoms with van der Waals surface area (Å²) in [5.41, 5.74) is 2.38. The Morgan fingerprint density at radius 1 is 1.02 bits per heavy atom. The minimum absolute atomic E-state index is 0.0277. The molecule has 3 N–H and O–H groups in total. The molecule has 214 valence electrons. The van der Waals surface area contributed by atoms with Crippen molar-refractivity contribution < 1.29 is 29.0 Å². The van der Waals surface area contributed by atoms with Gasteiger partial charge in [-0.25, -0.2) is 9.59 Å². The average molecular weight is 550 g/mol. The highest BCUT2D eigenvalue weighted by Crippen LogP contribution is 2.34. The molecule has 2 amide bonds. The largest absolute Gasteiger partial charge is 0.480 e. The van der Waals surface area contributed by atoms with E-state index in [4.69, 9.17) is 4.74 Å². The molecule has 0 saturated heterocycles. The number of aliphatic carboxylic acids is 1. The third-order valence-electron chi connectivity index (χ3n) is 7.49. The van der Waals surface area contributed by atoms with Crippen LogP contribution < -0.4 is 10.6 Å². The fourth-order valence-electron chi connectivity index (χ4n) is 5.67. The molecule has 0 bridgehead atoms. The summed E-state index contributed by atoms with van der Waals surface area (Å²) in [5, 5.41) is 16.2. The van der Waals surface area contributed by atoms with Crippen molar-refractivity contribution in [1.82, 2.24) is 10.2 Å². The average Bonchev–Trinajstić information content (AvgIpc) is 3.35. The number of anilines is 1. The highest BCUT2D eigenvalue weighted by Gasteiger charge is 2.42. The number of carboxylic acids is 1. The summed E-state index contributed by atoms with van der Waals surface area (Å²) in [4.78, 5) is 53.5. The Morgan fingerprint density at radius 3 is 2.42 bits per heavy atom. The number of ether oxygens (including phenoxy) is 1. The standard InChI is InChI=1S/C31H39N3O6/c1-31(2,3)40-30(39)33-17-20-10-9-11-21(16-20)19-34(26(29(37)38)22-12-5-4-6-13-22)28(36)27(35)24-18-32-25-15-8-7-14-23(24)25/h7-11,14-16,22,24,26,32H,4-6,12-13,17-19H2,1-3H3,(H,33,39)(H,37,38). The number of nitrogens with one attached hydrogen (secondary N) is 2. The Morgan fingerprint density at radius 2 is 1.73 bits per heavy atom. The van der Waals surface area contributed by atoms with Crippen LogP contribution in [0.3, 0.4) is 0 Å². The second-order valence-corrected chi connectivity index (χ2v) is 11.7. The lowest BCUT2D eigenvalue weighted by Crippen LogP contribution is -2.52. The van der Waals surface area contributed by atoms with E-state index >= 15 is 0 Å². The van der Waals surface area contributed by atoms with Crippen LogP contribution in [0, 0.1) is 5.92 Å². The first-order valence-corrected chi connectivity index (χ1v) is 14.0. The smallest absolute Gasteiger partial charge is 0.407 e. The summed E-state index contributed by atoms with van der Waals surface area (Å²) < 4.78 is 5.30. The van der Waals surface area contributed by atoms with Crippen molar-refractivity contribution >= 4 is 29.4 Å². The van der Waals surface area contributed by atoms with E-state index in [0.29, 0.717) is 24.9 Å². The molecule has 2 aliphatic rings. The Labute approximate surface area is 235 Å². The molecule has 4 rings (SSSR count). The van der Waals surface area contributed by atoms with Crippen molar-refractivity contribution in [2.45, 2.75) is 83.5 Å². The van der Waals surface area contributed by atoms with E-state index in [2.05, 4.69) is 10.6 Å². The lowest BCUT2D eigenvalue weighted by atomic mass is 9.82. The quantitative estimate of drug-likeness (QED) is 0.382. The molecule has 9 heteroatoms. The molecule has 0 aromatic heterocycles. The fraction of sp³-hybridized carbons (Fsp3) is 0.484. The van der Waals surface area contributed by atoms with Gasteiger partial charge in [0, 0.05) is 25.3 Å². The van der Waals surface area contributed by atoms with Gasteiger partial charge < -0.3 is 25.4 Å². The number of benzene rings is 2. The van der Waals surface area contributed by atoms with Crippen molar-refractivity contribution in [1.29, 1.82) is 0 Å². The van der Waals surface area contributed by atoms with Crippen molar-refractivity contribution in [3.05, 3.63) is 65.2 Å².